The molecule has 2 aliphatic rings. The van der Waals surface area contributed by atoms with E-state index in [1.807, 2.05) is 13.2 Å². The van der Waals surface area contributed by atoms with Gasteiger partial charge < -0.3 is 19.8 Å². The quantitative estimate of drug-likeness (QED) is 0.735. The number of benzene rings is 1. The summed E-state index contributed by atoms with van der Waals surface area (Å²) in [4.78, 5) is 20.1. The standard InChI is InChI=1S/C20H28N4O3/c1-23-12-20(27-11-18(23)19(25)22-8-9-26-2)13-24(14-20)10-15-4-3-5-17-16(15)6-7-21-17/h3-7,18,21H,8-14H2,1-2H3,(H,22,25)/t18-/m1/s1. The van der Waals surface area contributed by atoms with Crippen LogP contribution in [0.25, 0.3) is 10.9 Å². The first-order chi connectivity index (χ1) is 13.1. The second-order valence-corrected chi connectivity index (χ2v) is 7.71. The molecule has 2 N–H and O–H groups in total. The van der Waals surface area contributed by atoms with Crippen LogP contribution in [0.5, 0.6) is 0 Å². The number of ether oxygens (including phenoxy) is 2. The Morgan fingerprint density at radius 3 is 3.00 bits per heavy atom. The highest BCUT2D eigenvalue weighted by atomic mass is 16.5. The Balaban J connectivity index is 1.30. The predicted molar refractivity (Wildman–Crippen MR) is 104 cm³/mol. The molecule has 1 atom stereocenters. The lowest BCUT2D eigenvalue weighted by molar-refractivity contribution is -0.198. The average molecular weight is 372 g/mol. The Morgan fingerprint density at radius 2 is 2.22 bits per heavy atom. The molecule has 0 bridgehead atoms. The number of fused-ring (bicyclic) bond motifs is 1. The van der Waals surface area contributed by atoms with Gasteiger partial charge in [-0.1, -0.05) is 12.1 Å². The van der Waals surface area contributed by atoms with Crippen LogP contribution >= 0.6 is 0 Å². The van der Waals surface area contributed by atoms with Gasteiger partial charge in [-0.3, -0.25) is 14.6 Å². The van der Waals surface area contributed by atoms with Crippen LogP contribution in [-0.4, -0.2) is 85.9 Å². The van der Waals surface area contributed by atoms with Gasteiger partial charge in [-0.05, 0) is 24.7 Å². The van der Waals surface area contributed by atoms with Crippen molar-refractivity contribution >= 4 is 16.8 Å². The van der Waals surface area contributed by atoms with E-state index in [0.29, 0.717) is 19.8 Å². The molecule has 0 radical (unpaired) electrons. The molecule has 3 heterocycles. The number of carbonyl (C=O) groups is 1. The molecule has 0 saturated carbocycles. The number of nitrogens with one attached hydrogen (secondary N) is 2. The SMILES string of the molecule is COCCNC(=O)[C@H]1COC2(CN(Cc3cccc4[nH]ccc34)C2)CN1C. The van der Waals surface area contributed by atoms with Crippen LogP contribution in [0.15, 0.2) is 30.5 Å². The van der Waals surface area contributed by atoms with Crippen LogP contribution in [0.3, 0.4) is 0 Å². The number of morpholine rings is 1. The smallest absolute Gasteiger partial charge is 0.239 e. The number of carbonyl (C=O) groups excluding carboxylic acids is 1. The molecule has 4 rings (SSSR count). The maximum absolute atomic E-state index is 12.3. The van der Waals surface area contributed by atoms with Gasteiger partial charge in [0.15, 0.2) is 0 Å². The third-order valence-electron chi connectivity index (χ3n) is 5.63. The second-order valence-electron chi connectivity index (χ2n) is 7.71. The number of nitrogens with zero attached hydrogens (tertiary/aromatic N) is 2. The Morgan fingerprint density at radius 1 is 1.37 bits per heavy atom. The van der Waals surface area contributed by atoms with Crippen LogP contribution in [0.4, 0.5) is 0 Å². The normalized spacial score (nSPS) is 22.8. The molecule has 2 saturated heterocycles. The third-order valence-corrected chi connectivity index (χ3v) is 5.63. The molecule has 27 heavy (non-hydrogen) atoms. The van der Waals surface area contributed by atoms with E-state index in [0.717, 1.165) is 26.2 Å². The molecule has 0 aliphatic carbocycles. The Labute approximate surface area is 159 Å². The number of methoxy groups -OCH3 is 1. The van der Waals surface area contributed by atoms with Gasteiger partial charge in [0.1, 0.15) is 11.6 Å². The molecule has 2 aliphatic heterocycles. The zero-order valence-electron chi connectivity index (χ0n) is 16.0. The van der Waals surface area contributed by atoms with Crippen LogP contribution in [0, 0.1) is 0 Å². The molecule has 1 amide bonds. The van der Waals surface area contributed by atoms with Crippen LogP contribution < -0.4 is 5.32 Å². The lowest BCUT2D eigenvalue weighted by atomic mass is 9.90. The number of aromatic nitrogens is 1. The van der Waals surface area contributed by atoms with Gasteiger partial charge in [-0.2, -0.15) is 0 Å². The predicted octanol–water partition coefficient (Wildman–Crippen LogP) is 0.816. The molecule has 1 spiro atoms. The summed E-state index contributed by atoms with van der Waals surface area (Å²) in [7, 11) is 3.64. The molecule has 146 valence electrons. The van der Waals surface area contributed by atoms with Crippen molar-refractivity contribution < 1.29 is 14.3 Å². The van der Waals surface area contributed by atoms with E-state index in [2.05, 4.69) is 44.4 Å². The summed E-state index contributed by atoms with van der Waals surface area (Å²) in [5, 5.41) is 4.19. The first kappa shape index (κ1) is 18.4. The van der Waals surface area contributed by atoms with E-state index in [4.69, 9.17) is 9.47 Å². The van der Waals surface area contributed by atoms with Gasteiger partial charge in [0.05, 0.1) is 13.2 Å². The molecular weight excluding hydrogens is 344 g/mol. The number of likely N-dealkylation sites (tertiary alicyclic amines) is 1. The summed E-state index contributed by atoms with van der Waals surface area (Å²) in [6.07, 6.45) is 1.99. The van der Waals surface area contributed by atoms with Gasteiger partial charge in [0.25, 0.3) is 0 Å². The van der Waals surface area contributed by atoms with Gasteiger partial charge >= 0.3 is 0 Å². The van der Waals surface area contributed by atoms with Crippen molar-refractivity contribution in [3.63, 3.8) is 0 Å². The highest BCUT2D eigenvalue weighted by Crippen LogP contribution is 2.32. The fraction of sp³-hybridized carbons (Fsp3) is 0.550. The minimum Gasteiger partial charge on any atom is -0.383 e. The van der Waals surface area contributed by atoms with Crippen molar-refractivity contribution in [3.8, 4) is 0 Å². The Bertz CT molecular complexity index is 799. The van der Waals surface area contributed by atoms with E-state index in [1.165, 1.54) is 16.5 Å². The summed E-state index contributed by atoms with van der Waals surface area (Å²) in [6.45, 7) is 4.99. The summed E-state index contributed by atoms with van der Waals surface area (Å²) in [6, 6.07) is 8.30. The minimum absolute atomic E-state index is 0.0136. The lowest BCUT2D eigenvalue weighted by Gasteiger charge is -2.55. The van der Waals surface area contributed by atoms with E-state index in [1.54, 1.807) is 7.11 Å². The van der Waals surface area contributed by atoms with E-state index < -0.39 is 0 Å². The topological polar surface area (TPSA) is 69.8 Å². The maximum atomic E-state index is 12.3. The summed E-state index contributed by atoms with van der Waals surface area (Å²) in [5.41, 5.74) is 2.37. The molecule has 0 unspecified atom stereocenters. The number of H-pyrrole nitrogens is 1. The second kappa shape index (κ2) is 7.59. The number of likely N-dealkylation sites (N-methyl/N-ethyl adjacent to an activating group) is 1. The average Bonchev–Trinajstić information content (AvgIpc) is 3.10. The zero-order chi connectivity index (χ0) is 18.9. The van der Waals surface area contributed by atoms with E-state index in [-0.39, 0.29) is 17.6 Å². The highest BCUT2D eigenvalue weighted by Gasteiger charge is 2.49. The minimum atomic E-state index is -0.227. The van der Waals surface area contributed by atoms with Gasteiger partial charge in [0.2, 0.25) is 5.91 Å². The van der Waals surface area contributed by atoms with Crippen molar-refractivity contribution in [1.82, 2.24) is 20.1 Å². The van der Waals surface area contributed by atoms with Gasteiger partial charge in [-0.25, -0.2) is 0 Å². The van der Waals surface area contributed by atoms with Gasteiger partial charge in [0, 0.05) is 56.9 Å². The first-order valence-corrected chi connectivity index (χ1v) is 9.48. The molecule has 1 aromatic heterocycles. The Hall–Kier alpha value is -1.93. The fourth-order valence-electron chi connectivity index (χ4n) is 4.26. The molecular formula is C20H28N4O3. The van der Waals surface area contributed by atoms with Gasteiger partial charge in [-0.15, -0.1) is 0 Å². The van der Waals surface area contributed by atoms with E-state index in [9.17, 15) is 4.79 Å². The number of amides is 1. The summed E-state index contributed by atoms with van der Waals surface area (Å²) < 4.78 is 11.2. The molecule has 7 nitrogen and oxygen atoms in total. The molecule has 2 aromatic rings. The van der Waals surface area contributed by atoms with Crippen LogP contribution in [-0.2, 0) is 20.8 Å². The number of hydrogen-bond acceptors (Lipinski definition) is 5. The lowest BCUT2D eigenvalue weighted by Crippen LogP contribution is -2.72. The largest absolute Gasteiger partial charge is 0.383 e. The third kappa shape index (κ3) is 3.73. The van der Waals surface area contributed by atoms with Crippen LogP contribution in [0.2, 0.25) is 0 Å². The number of rotatable bonds is 6. The Kier molecular flexibility index (Phi) is 5.19. The highest BCUT2D eigenvalue weighted by molar-refractivity contribution is 5.83. The van der Waals surface area contributed by atoms with Crippen molar-refractivity contribution in [1.29, 1.82) is 0 Å². The fourth-order valence-corrected chi connectivity index (χ4v) is 4.26. The number of hydrogen-bond donors (Lipinski definition) is 2. The number of aromatic amines is 1. The van der Waals surface area contributed by atoms with Crippen molar-refractivity contribution in [3.05, 3.63) is 36.0 Å². The maximum Gasteiger partial charge on any atom is 0.239 e. The zero-order valence-corrected chi connectivity index (χ0v) is 16.0. The molecule has 7 heteroatoms. The first-order valence-electron chi connectivity index (χ1n) is 9.48. The van der Waals surface area contributed by atoms with Crippen molar-refractivity contribution in [2.75, 3.05) is 53.6 Å². The summed E-state index contributed by atoms with van der Waals surface area (Å²) in [5.74, 6) is 0.0136. The monoisotopic (exact) mass is 372 g/mol. The van der Waals surface area contributed by atoms with E-state index >= 15 is 0 Å². The molecule has 1 aromatic carbocycles. The van der Waals surface area contributed by atoms with Crippen molar-refractivity contribution in [2.45, 2.75) is 18.2 Å². The van der Waals surface area contributed by atoms with Crippen LogP contribution in [0.1, 0.15) is 5.56 Å². The summed E-state index contributed by atoms with van der Waals surface area (Å²) >= 11 is 0. The van der Waals surface area contributed by atoms with Crippen molar-refractivity contribution in [2.24, 2.45) is 0 Å². The molecule has 2 fully saturated rings.